The Morgan fingerprint density at radius 1 is 0.943 bits per heavy atom. The third-order valence-electron chi connectivity index (χ3n) is 6.71. The second-order valence-electron chi connectivity index (χ2n) is 9.13. The van der Waals surface area contributed by atoms with Crippen LogP contribution in [-0.2, 0) is 9.59 Å². The number of halogens is 1. The SMILES string of the molecule is C[C@@H](C(=O)NCCNC(=O)c1ccc(OC2CCC(C(=O)O)CC2)cc1)[C@@H](C)c1ccc(Cl)cc1. The summed E-state index contributed by atoms with van der Waals surface area (Å²) in [6.07, 6.45) is 2.66. The van der Waals surface area contributed by atoms with Gasteiger partial charge in [0, 0.05) is 29.6 Å². The van der Waals surface area contributed by atoms with Gasteiger partial charge >= 0.3 is 5.97 Å². The molecule has 0 aliphatic heterocycles. The predicted molar refractivity (Wildman–Crippen MR) is 135 cm³/mol. The van der Waals surface area contributed by atoms with Gasteiger partial charge in [0.2, 0.25) is 5.91 Å². The highest BCUT2D eigenvalue weighted by Gasteiger charge is 2.27. The molecule has 3 N–H and O–H groups in total. The van der Waals surface area contributed by atoms with E-state index in [-0.39, 0.29) is 35.7 Å². The number of aliphatic carboxylic acids is 1. The van der Waals surface area contributed by atoms with Gasteiger partial charge < -0.3 is 20.5 Å². The molecule has 0 heterocycles. The van der Waals surface area contributed by atoms with Gasteiger partial charge in [-0.25, -0.2) is 0 Å². The van der Waals surface area contributed by atoms with Gasteiger partial charge in [0.1, 0.15) is 5.75 Å². The molecule has 1 aliphatic carbocycles. The van der Waals surface area contributed by atoms with Crippen molar-refractivity contribution in [1.82, 2.24) is 10.6 Å². The van der Waals surface area contributed by atoms with Crippen LogP contribution < -0.4 is 15.4 Å². The van der Waals surface area contributed by atoms with Crippen molar-refractivity contribution in [2.24, 2.45) is 11.8 Å². The molecule has 1 fully saturated rings. The van der Waals surface area contributed by atoms with Crippen molar-refractivity contribution in [2.45, 2.75) is 51.6 Å². The third kappa shape index (κ3) is 7.72. The first-order valence-corrected chi connectivity index (χ1v) is 12.4. The molecule has 0 saturated heterocycles. The van der Waals surface area contributed by atoms with Crippen molar-refractivity contribution < 1.29 is 24.2 Å². The summed E-state index contributed by atoms with van der Waals surface area (Å²) in [7, 11) is 0. The molecule has 2 atom stereocenters. The first-order chi connectivity index (χ1) is 16.7. The maximum absolute atomic E-state index is 12.5. The topological polar surface area (TPSA) is 105 Å². The van der Waals surface area contributed by atoms with Crippen LogP contribution in [0, 0.1) is 11.8 Å². The first-order valence-electron chi connectivity index (χ1n) is 12.1. The first kappa shape index (κ1) is 26.5. The van der Waals surface area contributed by atoms with Crippen LogP contribution in [-0.4, -0.2) is 42.1 Å². The Morgan fingerprint density at radius 2 is 1.54 bits per heavy atom. The highest BCUT2D eigenvalue weighted by Crippen LogP contribution is 2.28. The third-order valence-corrected chi connectivity index (χ3v) is 6.96. The van der Waals surface area contributed by atoms with E-state index >= 15 is 0 Å². The lowest BCUT2D eigenvalue weighted by Crippen LogP contribution is -2.38. The van der Waals surface area contributed by atoms with Gasteiger partial charge in [0.05, 0.1) is 12.0 Å². The number of nitrogens with one attached hydrogen (secondary N) is 2. The van der Waals surface area contributed by atoms with E-state index in [4.69, 9.17) is 21.4 Å². The summed E-state index contributed by atoms with van der Waals surface area (Å²) in [6.45, 7) is 4.54. The fourth-order valence-corrected chi connectivity index (χ4v) is 4.34. The quantitative estimate of drug-likeness (QED) is 0.412. The summed E-state index contributed by atoms with van der Waals surface area (Å²) < 4.78 is 5.94. The van der Waals surface area contributed by atoms with Crippen molar-refractivity contribution in [3.05, 3.63) is 64.7 Å². The van der Waals surface area contributed by atoms with Gasteiger partial charge in [-0.15, -0.1) is 0 Å². The Morgan fingerprint density at radius 3 is 2.14 bits per heavy atom. The van der Waals surface area contributed by atoms with Crippen molar-refractivity contribution >= 4 is 29.4 Å². The van der Waals surface area contributed by atoms with Gasteiger partial charge in [-0.05, 0) is 73.6 Å². The van der Waals surface area contributed by atoms with E-state index in [9.17, 15) is 14.4 Å². The van der Waals surface area contributed by atoms with Crippen LogP contribution in [0.1, 0.15) is 61.4 Å². The van der Waals surface area contributed by atoms with Crippen LogP contribution in [0.15, 0.2) is 48.5 Å². The summed E-state index contributed by atoms with van der Waals surface area (Å²) in [6, 6.07) is 14.4. The Labute approximate surface area is 211 Å². The number of hydrogen-bond acceptors (Lipinski definition) is 4. The number of benzene rings is 2. The fourth-order valence-electron chi connectivity index (χ4n) is 4.21. The Balaban J connectivity index is 1.37. The Hall–Kier alpha value is -3.06. The number of rotatable bonds is 10. The van der Waals surface area contributed by atoms with E-state index < -0.39 is 5.97 Å². The fraction of sp³-hybridized carbons (Fsp3) is 0.444. The molecule has 0 bridgehead atoms. The molecule has 0 aromatic heterocycles. The minimum atomic E-state index is -0.736. The molecule has 0 spiro atoms. The predicted octanol–water partition coefficient (Wildman–Crippen LogP) is 4.65. The maximum atomic E-state index is 12.5. The summed E-state index contributed by atoms with van der Waals surface area (Å²) in [5.74, 6) is -0.832. The average molecular weight is 501 g/mol. The molecule has 35 heavy (non-hydrogen) atoms. The van der Waals surface area contributed by atoms with Crippen LogP contribution in [0.2, 0.25) is 5.02 Å². The van der Waals surface area contributed by atoms with Gasteiger partial charge in [0.25, 0.3) is 5.91 Å². The molecule has 8 heteroatoms. The zero-order valence-corrected chi connectivity index (χ0v) is 20.9. The van der Waals surface area contributed by atoms with Crippen LogP contribution >= 0.6 is 11.6 Å². The summed E-state index contributed by atoms with van der Waals surface area (Å²) >= 11 is 5.94. The van der Waals surface area contributed by atoms with Crippen LogP contribution in [0.4, 0.5) is 0 Å². The van der Waals surface area contributed by atoms with Gasteiger partial charge in [0.15, 0.2) is 0 Å². The molecule has 188 valence electrons. The molecule has 1 saturated carbocycles. The van der Waals surface area contributed by atoms with Gasteiger partial charge in [-0.1, -0.05) is 37.6 Å². The monoisotopic (exact) mass is 500 g/mol. The number of carbonyl (C=O) groups excluding carboxylic acids is 2. The molecule has 2 amide bonds. The van der Waals surface area contributed by atoms with Crippen molar-refractivity contribution in [3.63, 3.8) is 0 Å². The zero-order valence-electron chi connectivity index (χ0n) is 20.1. The second-order valence-corrected chi connectivity index (χ2v) is 9.57. The molecule has 0 radical (unpaired) electrons. The van der Waals surface area contributed by atoms with Crippen LogP contribution in [0.25, 0.3) is 0 Å². The van der Waals surface area contributed by atoms with E-state index in [0.29, 0.717) is 55.1 Å². The van der Waals surface area contributed by atoms with E-state index in [1.54, 1.807) is 24.3 Å². The lowest BCUT2D eigenvalue weighted by atomic mass is 9.87. The van der Waals surface area contributed by atoms with Gasteiger partial charge in [-0.3, -0.25) is 14.4 Å². The van der Waals surface area contributed by atoms with E-state index in [2.05, 4.69) is 10.6 Å². The standard InChI is InChI=1S/C27H33ClN2O5/c1-17(19-3-9-22(28)10-4-19)18(2)25(31)29-15-16-30-26(32)20-5-11-23(12-6-20)35-24-13-7-21(8-14-24)27(33)34/h3-6,9-12,17-18,21,24H,7-8,13-16H2,1-2H3,(H,29,31)(H,30,32)(H,33,34)/t17-,18-,21?,24?/m1/s1. The largest absolute Gasteiger partial charge is 0.490 e. The van der Waals surface area contributed by atoms with E-state index in [0.717, 1.165) is 5.56 Å². The number of ether oxygens (including phenoxy) is 1. The maximum Gasteiger partial charge on any atom is 0.306 e. The van der Waals surface area contributed by atoms with E-state index in [1.807, 2.05) is 38.1 Å². The number of amides is 2. The molecular weight excluding hydrogens is 468 g/mol. The lowest BCUT2D eigenvalue weighted by molar-refractivity contribution is -0.143. The van der Waals surface area contributed by atoms with Crippen molar-refractivity contribution in [3.8, 4) is 5.75 Å². The number of carboxylic acids is 1. The highest BCUT2D eigenvalue weighted by atomic mass is 35.5. The molecule has 2 aromatic carbocycles. The number of carbonyl (C=O) groups is 3. The molecule has 7 nitrogen and oxygen atoms in total. The lowest BCUT2D eigenvalue weighted by Gasteiger charge is -2.26. The highest BCUT2D eigenvalue weighted by molar-refractivity contribution is 6.30. The Bertz CT molecular complexity index is 1000. The molecular formula is C27H33ClN2O5. The molecule has 0 unspecified atom stereocenters. The smallest absolute Gasteiger partial charge is 0.306 e. The Kier molecular flexibility index (Phi) is 9.55. The summed E-state index contributed by atoms with van der Waals surface area (Å²) in [4.78, 5) is 36.0. The van der Waals surface area contributed by atoms with Gasteiger partial charge in [-0.2, -0.15) is 0 Å². The number of carboxylic acid groups (broad SMARTS) is 1. The van der Waals surface area contributed by atoms with Crippen LogP contribution in [0.5, 0.6) is 5.75 Å². The normalized spacial score (nSPS) is 19.3. The minimum absolute atomic E-state index is 0.00121. The number of hydrogen-bond donors (Lipinski definition) is 3. The van der Waals surface area contributed by atoms with Crippen molar-refractivity contribution in [2.75, 3.05) is 13.1 Å². The molecule has 2 aromatic rings. The second kappa shape index (κ2) is 12.6. The minimum Gasteiger partial charge on any atom is -0.490 e. The van der Waals surface area contributed by atoms with Crippen LogP contribution in [0.3, 0.4) is 0 Å². The summed E-state index contributed by atoms with van der Waals surface area (Å²) in [5, 5.41) is 15.4. The molecule has 1 aliphatic rings. The zero-order chi connectivity index (χ0) is 25.4. The molecule has 3 rings (SSSR count). The summed E-state index contributed by atoms with van der Waals surface area (Å²) in [5.41, 5.74) is 1.55. The van der Waals surface area contributed by atoms with Crippen molar-refractivity contribution in [1.29, 1.82) is 0 Å². The van der Waals surface area contributed by atoms with E-state index in [1.165, 1.54) is 0 Å². The average Bonchev–Trinajstić information content (AvgIpc) is 2.86.